The van der Waals surface area contributed by atoms with Gasteiger partial charge in [0.25, 0.3) is 0 Å². The van der Waals surface area contributed by atoms with Crippen molar-refractivity contribution in [2.24, 2.45) is 5.92 Å². The quantitative estimate of drug-likeness (QED) is 0.818. The van der Waals surface area contributed by atoms with Crippen LogP contribution in [0, 0.1) is 19.8 Å². The highest BCUT2D eigenvalue weighted by Crippen LogP contribution is 2.23. The molecule has 1 saturated heterocycles. The zero-order chi connectivity index (χ0) is 11.5. The van der Waals surface area contributed by atoms with Crippen molar-refractivity contribution in [3.05, 3.63) is 17.6 Å². The summed E-state index contributed by atoms with van der Waals surface area (Å²) in [7, 11) is 0. The molecule has 0 aliphatic carbocycles. The fourth-order valence-electron chi connectivity index (χ4n) is 2.15. The van der Waals surface area contributed by atoms with Gasteiger partial charge in [0.15, 0.2) is 0 Å². The van der Waals surface area contributed by atoms with Crippen molar-refractivity contribution < 1.29 is 5.11 Å². The second-order valence-electron chi connectivity index (χ2n) is 4.53. The maximum absolute atomic E-state index is 9.10. The normalized spacial score (nSPS) is 17.8. The second-order valence-corrected chi connectivity index (χ2v) is 4.53. The van der Waals surface area contributed by atoms with Gasteiger partial charge >= 0.3 is 0 Å². The smallest absolute Gasteiger partial charge is 0.150 e. The Morgan fingerprint density at radius 2 is 2.06 bits per heavy atom. The molecule has 2 rings (SSSR count). The van der Waals surface area contributed by atoms with Crippen LogP contribution in [-0.2, 0) is 0 Å². The number of aromatic nitrogens is 2. The van der Waals surface area contributed by atoms with Crippen molar-refractivity contribution in [1.82, 2.24) is 9.97 Å². The fraction of sp³-hybridized carbons (Fsp3) is 0.667. The Morgan fingerprint density at radius 1 is 1.38 bits per heavy atom. The average molecular weight is 221 g/mol. The monoisotopic (exact) mass is 221 g/mol. The Labute approximate surface area is 96.3 Å². The fourth-order valence-corrected chi connectivity index (χ4v) is 2.15. The van der Waals surface area contributed by atoms with Crippen LogP contribution < -0.4 is 4.90 Å². The highest BCUT2D eigenvalue weighted by atomic mass is 16.3. The van der Waals surface area contributed by atoms with Crippen LogP contribution in [0.1, 0.15) is 24.2 Å². The number of anilines is 1. The number of hydrogen-bond acceptors (Lipinski definition) is 4. The Morgan fingerprint density at radius 3 is 2.69 bits per heavy atom. The maximum atomic E-state index is 9.10. The molecule has 4 nitrogen and oxygen atoms in total. The molecule has 0 unspecified atom stereocenters. The lowest BCUT2D eigenvalue weighted by molar-refractivity contribution is 0.202. The summed E-state index contributed by atoms with van der Waals surface area (Å²) >= 11 is 0. The lowest BCUT2D eigenvalue weighted by Crippen LogP contribution is -2.36. The molecule has 0 radical (unpaired) electrons. The van der Waals surface area contributed by atoms with Crippen LogP contribution in [0.5, 0.6) is 0 Å². The second kappa shape index (κ2) is 4.78. The summed E-state index contributed by atoms with van der Waals surface area (Å²) in [4.78, 5) is 11.2. The van der Waals surface area contributed by atoms with Gasteiger partial charge in [0.1, 0.15) is 5.82 Å². The van der Waals surface area contributed by atoms with E-state index in [0.29, 0.717) is 12.5 Å². The van der Waals surface area contributed by atoms with Crippen LogP contribution in [-0.4, -0.2) is 34.8 Å². The van der Waals surface area contributed by atoms with Crippen molar-refractivity contribution >= 4 is 5.82 Å². The summed E-state index contributed by atoms with van der Waals surface area (Å²) in [6.45, 7) is 6.23. The molecule has 1 aliphatic heterocycles. The summed E-state index contributed by atoms with van der Waals surface area (Å²) in [5.74, 6) is 1.48. The summed E-state index contributed by atoms with van der Waals surface area (Å²) < 4.78 is 0. The first-order chi connectivity index (χ1) is 7.70. The van der Waals surface area contributed by atoms with Gasteiger partial charge in [-0.3, -0.25) is 4.98 Å². The van der Waals surface area contributed by atoms with E-state index in [9.17, 15) is 0 Å². The van der Waals surface area contributed by atoms with Crippen molar-refractivity contribution in [3.8, 4) is 0 Å². The minimum Gasteiger partial charge on any atom is -0.396 e. The van der Waals surface area contributed by atoms with Gasteiger partial charge in [0.2, 0.25) is 0 Å². The molecule has 1 N–H and O–H groups in total. The molecule has 4 heteroatoms. The molecule has 2 heterocycles. The molecule has 1 aliphatic rings. The van der Waals surface area contributed by atoms with E-state index >= 15 is 0 Å². The van der Waals surface area contributed by atoms with Crippen LogP contribution >= 0.6 is 0 Å². The highest BCUT2D eigenvalue weighted by Gasteiger charge is 2.20. The molecule has 0 aromatic carbocycles. The van der Waals surface area contributed by atoms with E-state index < -0.39 is 0 Å². The van der Waals surface area contributed by atoms with E-state index in [0.717, 1.165) is 43.1 Å². The Balaban J connectivity index is 2.10. The predicted molar refractivity (Wildman–Crippen MR) is 63.5 cm³/mol. The Kier molecular flexibility index (Phi) is 3.39. The van der Waals surface area contributed by atoms with Crippen LogP contribution in [0.4, 0.5) is 5.82 Å². The number of nitrogens with zero attached hydrogens (tertiary/aromatic N) is 3. The molecule has 0 bridgehead atoms. The molecule has 0 atom stereocenters. The zero-order valence-electron chi connectivity index (χ0n) is 9.98. The molecule has 1 aromatic heterocycles. The predicted octanol–water partition coefficient (Wildman–Crippen LogP) is 1.30. The summed E-state index contributed by atoms with van der Waals surface area (Å²) in [5.41, 5.74) is 1.96. The van der Waals surface area contributed by atoms with Crippen molar-refractivity contribution in [1.29, 1.82) is 0 Å². The molecular weight excluding hydrogens is 202 g/mol. The molecule has 1 aromatic rings. The number of piperidine rings is 1. The van der Waals surface area contributed by atoms with Crippen molar-refractivity contribution in [2.75, 3.05) is 24.6 Å². The molecule has 0 saturated carbocycles. The van der Waals surface area contributed by atoms with Crippen LogP contribution in [0.3, 0.4) is 0 Å². The van der Waals surface area contributed by atoms with E-state index in [1.165, 1.54) is 0 Å². The van der Waals surface area contributed by atoms with Gasteiger partial charge in [-0.1, -0.05) is 0 Å². The minimum absolute atomic E-state index is 0.312. The van der Waals surface area contributed by atoms with Crippen LogP contribution in [0.15, 0.2) is 6.20 Å². The zero-order valence-corrected chi connectivity index (χ0v) is 9.98. The van der Waals surface area contributed by atoms with Crippen molar-refractivity contribution in [3.63, 3.8) is 0 Å². The first-order valence-corrected chi connectivity index (χ1v) is 5.86. The van der Waals surface area contributed by atoms with Gasteiger partial charge in [0.05, 0.1) is 11.4 Å². The standard InChI is InChI=1S/C12H19N3O/c1-9-7-13-10(2)12(14-9)15-5-3-11(8-16)4-6-15/h7,11,16H,3-6,8H2,1-2H3. The van der Waals surface area contributed by atoms with Gasteiger partial charge in [-0.15, -0.1) is 0 Å². The lowest BCUT2D eigenvalue weighted by Gasteiger charge is -2.32. The largest absolute Gasteiger partial charge is 0.396 e. The summed E-state index contributed by atoms with van der Waals surface area (Å²) in [6.07, 6.45) is 3.90. The lowest BCUT2D eigenvalue weighted by atomic mass is 9.98. The Bertz CT molecular complexity index is 359. The van der Waals surface area contributed by atoms with Gasteiger partial charge in [0, 0.05) is 25.9 Å². The van der Waals surface area contributed by atoms with E-state index in [4.69, 9.17) is 5.11 Å². The summed E-state index contributed by atoms with van der Waals surface area (Å²) in [6, 6.07) is 0. The molecule has 0 amide bonds. The van der Waals surface area contributed by atoms with E-state index in [2.05, 4.69) is 14.9 Å². The van der Waals surface area contributed by atoms with E-state index in [-0.39, 0.29) is 0 Å². The third-order valence-corrected chi connectivity index (χ3v) is 3.22. The van der Waals surface area contributed by atoms with Crippen LogP contribution in [0.2, 0.25) is 0 Å². The van der Waals surface area contributed by atoms with Gasteiger partial charge < -0.3 is 10.0 Å². The molecule has 16 heavy (non-hydrogen) atoms. The SMILES string of the molecule is Cc1cnc(C)c(N2CCC(CO)CC2)n1. The first kappa shape index (κ1) is 11.3. The molecule has 88 valence electrons. The van der Waals surface area contributed by atoms with Crippen LogP contribution in [0.25, 0.3) is 0 Å². The highest BCUT2D eigenvalue weighted by molar-refractivity contribution is 5.43. The topological polar surface area (TPSA) is 49.2 Å². The number of aliphatic hydroxyl groups is 1. The van der Waals surface area contributed by atoms with Crippen molar-refractivity contribution in [2.45, 2.75) is 26.7 Å². The van der Waals surface area contributed by atoms with E-state index in [1.54, 1.807) is 6.20 Å². The number of hydrogen-bond donors (Lipinski definition) is 1. The van der Waals surface area contributed by atoms with Gasteiger partial charge in [-0.2, -0.15) is 0 Å². The summed E-state index contributed by atoms with van der Waals surface area (Å²) in [5, 5.41) is 9.10. The van der Waals surface area contributed by atoms with Gasteiger partial charge in [-0.05, 0) is 32.6 Å². The third-order valence-electron chi connectivity index (χ3n) is 3.22. The first-order valence-electron chi connectivity index (χ1n) is 5.86. The molecule has 0 spiro atoms. The maximum Gasteiger partial charge on any atom is 0.150 e. The number of rotatable bonds is 2. The van der Waals surface area contributed by atoms with E-state index in [1.807, 2.05) is 13.8 Å². The number of aliphatic hydroxyl groups excluding tert-OH is 1. The van der Waals surface area contributed by atoms with Gasteiger partial charge in [-0.25, -0.2) is 4.98 Å². The third kappa shape index (κ3) is 2.32. The molecular formula is C12H19N3O. The minimum atomic E-state index is 0.312. The average Bonchev–Trinajstić information content (AvgIpc) is 2.32. The number of aryl methyl sites for hydroxylation is 2. The molecule has 1 fully saturated rings. The Hall–Kier alpha value is -1.16.